The number of Topliss-reactive ketones (excluding diaryl/α,β-unsaturated/α-hetero) is 1. The van der Waals surface area contributed by atoms with Gasteiger partial charge in [0.05, 0.1) is 11.9 Å². The minimum atomic E-state index is -0.433. The monoisotopic (exact) mass is 380 g/mol. The van der Waals surface area contributed by atoms with Gasteiger partial charge in [0.1, 0.15) is 11.5 Å². The number of anilines is 1. The van der Waals surface area contributed by atoms with E-state index in [1.165, 1.54) is 17.8 Å². The maximum Gasteiger partial charge on any atom is 0.294 e. The fourth-order valence-electron chi connectivity index (χ4n) is 6.00. The molecule has 0 unspecified atom stereocenters. The number of aromatic nitrogens is 1. The highest BCUT2D eigenvalue weighted by Gasteiger charge is 2.54. The maximum absolute atomic E-state index is 12.5. The van der Waals surface area contributed by atoms with Gasteiger partial charge in [-0.3, -0.25) is 9.59 Å². The van der Waals surface area contributed by atoms with E-state index in [9.17, 15) is 14.7 Å². The summed E-state index contributed by atoms with van der Waals surface area (Å²) in [7, 11) is 0. The molecule has 0 radical (unpaired) electrons. The van der Waals surface area contributed by atoms with Gasteiger partial charge in [-0.1, -0.05) is 12.1 Å². The molecule has 4 atom stereocenters. The minimum absolute atomic E-state index is 0.0711. The van der Waals surface area contributed by atoms with Gasteiger partial charge in [-0.15, -0.1) is 0 Å². The van der Waals surface area contributed by atoms with E-state index < -0.39 is 5.91 Å². The van der Waals surface area contributed by atoms with E-state index in [0.29, 0.717) is 35.6 Å². The van der Waals surface area contributed by atoms with Crippen molar-refractivity contribution in [3.63, 3.8) is 0 Å². The lowest BCUT2D eigenvalue weighted by Gasteiger charge is -2.48. The lowest BCUT2D eigenvalue weighted by atomic mass is 9.55. The Hall–Kier alpha value is -2.63. The van der Waals surface area contributed by atoms with Crippen LogP contribution < -0.4 is 5.32 Å². The molecule has 0 saturated heterocycles. The lowest BCUT2D eigenvalue weighted by molar-refractivity contribution is -0.129. The van der Waals surface area contributed by atoms with Gasteiger partial charge < -0.3 is 14.9 Å². The molecule has 6 heteroatoms. The van der Waals surface area contributed by atoms with E-state index in [2.05, 4.69) is 17.4 Å². The molecule has 3 aliphatic carbocycles. The summed E-state index contributed by atoms with van der Waals surface area (Å²) in [6.45, 7) is 2.17. The Balaban J connectivity index is 1.47. The number of nitrogens with one attached hydrogen (secondary N) is 1. The van der Waals surface area contributed by atoms with Crippen LogP contribution in [0.15, 0.2) is 28.9 Å². The molecular formula is C22H24N2O4. The van der Waals surface area contributed by atoms with E-state index in [1.807, 2.05) is 6.07 Å². The zero-order chi connectivity index (χ0) is 19.5. The van der Waals surface area contributed by atoms with Gasteiger partial charge in [0, 0.05) is 17.9 Å². The van der Waals surface area contributed by atoms with E-state index in [0.717, 1.165) is 37.7 Å². The van der Waals surface area contributed by atoms with Crippen molar-refractivity contribution in [1.29, 1.82) is 0 Å². The third kappa shape index (κ3) is 2.50. The van der Waals surface area contributed by atoms with Crippen molar-refractivity contribution in [1.82, 2.24) is 5.16 Å². The highest BCUT2D eigenvalue weighted by Crippen LogP contribution is 2.59. The van der Waals surface area contributed by atoms with Crippen LogP contribution in [0, 0.1) is 17.3 Å². The SMILES string of the molecule is C[C@]12CC[C@@H]3c4cc(NC(=O)c5ccno5)c(O)cc4CC[C@H]3[C@@H]1CCC2=O. The molecule has 2 aromatic rings. The molecule has 0 spiro atoms. The van der Waals surface area contributed by atoms with Gasteiger partial charge in [0.2, 0.25) is 5.76 Å². The number of nitrogens with zero attached hydrogens (tertiary/aromatic N) is 1. The normalized spacial score (nSPS) is 31.0. The van der Waals surface area contributed by atoms with Crippen molar-refractivity contribution in [2.45, 2.75) is 51.4 Å². The van der Waals surface area contributed by atoms with Crippen LogP contribution in [0.3, 0.4) is 0 Å². The summed E-state index contributed by atoms with van der Waals surface area (Å²) < 4.78 is 4.90. The molecule has 3 aliphatic rings. The van der Waals surface area contributed by atoms with Crippen LogP contribution in [0.5, 0.6) is 5.75 Å². The molecule has 2 fully saturated rings. The Morgan fingerprint density at radius 2 is 2.14 bits per heavy atom. The van der Waals surface area contributed by atoms with E-state index >= 15 is 0 Å². The number of carbonyl (C=O) groups excluding carboxylic acids is 2. The first-order valence-corrected chi connectivity index (χ1v) is 10.1. The molecule has 2 saturated carbocycles. The molecular weight excluding hydrogens is 356 g/mol. The molecule has 1 aromatic heterocycles. The summed E-state index contributed by atoms with van der Waals surface area (Å²) in [6, 6.07) is 5.20. The van der Waals surface area contributed by atoms with E-state index in [4.69, 9.17) is 4.52 Å². The van der Waals surface area contributed by atoms with Crippen molar-refractivity contribution in [2.24, 2.45) is 17.3 Å². The van der Waals surface area contributed by atoms with Gasteiger partial charge in [-0.2, -0.15) is 0 Å². The number of hydrogen-bond donors (Lipinski definition) is 2. The van der Waals surface area contributed by atoms with Crippen LogP contribution in [0.2, 0.25) is 0 Å². The number of ketones is 1. The Kier molecular flexibility index (Phi) is 3.86. The molecule has 6 nitrogen and oxygen atoms in total. The summed E-state index contributed by atoms with van der Waals surface area (Å²) in [5.41, 5.74) is 2.61. The Morgan fingerprint density at radius 3 is 2.93 bits per heavy atom. The van der Waals surface area contributed by atoms with Crippen LogP contribution in [0.25, 0.3) is 0 Å². The lowest BCUT2D eigenvalue weighted by Crippen LogP contribution is -2.42. The Morgan fingerprint density at radius 1 is 1.29 bits per heavy atom. The van der Waals surface area contributed by atoms with Gasteiger partial charge in [0.15, 0.2) is 0 Å². The number of phenols is 1. The number of carbonyl (C=O) groups is 2. The maximum atomic E-state index is 12.5. The number of aromatic hydroxyl groups is 1. The molecule has 1 aromatic carbocycles. The number of benzene rings is 1. The van der Waals surface area contributed by atoms with E-state index in [-0.39, 0.29) is 16.9 Å². The second kappa shape index (κ2) is 6.19. The minimum Gasteiger partial charge on any atom is -0.506 e. The first-order chi connectivity index (χ1) is 13.5. The smallest absolute Gasteiger partial charge is 0.294 e. The first kappa shape index (κ1) is 17.5. The molecule has 146 valence electrons. The quantitative estimate of drug-likeness (QED) is 0.767. The highest BCUT2D eigenvalue weighted by atomic mass is 16.5. The predicted octanol–water partition coefficient (Wildman–Crippen LogP) is 4.06. The van der Waals surface area contributed by atoms with Gasteiger partial charge >= 0.3 is 0 Å². The number of hydrogen-bond acceptors (Lipinski definition) is 5. The zero-order valence-electron chi connectivity index (χ0n) is 15.9. The number of fused-ring (bicyclic) bond motifs is 5. The van der Waals surface area contributed by atoms with Crippen molar-refractivity contribution < 1.29 is 19.2 Å². The number of rotatable bonds is 2. The topological polar surface area (TPSA) is 92.4 Å². The van der Waals surface area contributed by atoms with Crippen LogP contribution in [-0.2, 0) is 11.2 Å². The van der Waals surface area contributed by atoms with Crippen LogP contribution in [-0.4, -0.2) is 22.0 Å². The predicted molar refractivity (Wildman–Crippen MR) is 102 cm³/mol. The molecule has 2 N–H and O–H groups in total. The summed E-state index contributed by atoms with van der Waals surface area (Å²) >= 11 is 0. The van der Waals surface area contributed by atoms with Crippen LogP contribution in [0.1, 0.15) is 66.6 Å². The van der Waals surface area contributed by atoms with Crippen molar-refractivity contribution >= 4 is 17.4 Å². The number of amides is 1. The standard InChI is InChI=1S/C22H24N2O4/c1-22-8-6-13-14(16(22)4-5-20(22)26)3-2-12-10-18(25)17(11-15(12)13)24-21(27)19-7-9-23-28-19/h7,9-11,13-14,16,25H,2-6,8H2,1H3,(H,24,27)/t13-,14+,16-,22-/m0/s1. The van der Waals surface area contributed by atoms with Gasteiger partial charge in [0.25, 0.3) is 5.91 Å². The largest absolute Gasteiger partial charge is 0.506 e. The zero-order valence-corrected chi connectivity index (χ0v) is 15.9. The first-order valence-electron chi connectivity index (χ1n) is 10.1. The average molecular weight is 380 g/mol. The van der Waals surface area contributed by atoms with E-state index in [1.54, 1.807) is 6.07 Å². The fraction of sp³-hybridized carbons (Fsp3) is 0.500. The van der Waals surface area contributed by atoms with Gasteiger partial charge in [-0.05, 0) is 73.1 Å². The van der Waals surface area contributed by atoms with Crippen molar-refractivity contribution in [2.75, 3.05) is 5.32 Å². The second-order valence-electron chi connectivity index (χ2n) is 8.73. The average Bonchev–Trinajstić information content (AvgIpc) is 3.31. The summed E-state index contributed by atoms with van der Waals surface area (Å²) in [5, 5.41) is 16.7. The number of aryl methyl sites for hydroxylation is 1. The molecule has 28 heavy (non-hydrogen) atoms. The third-order valence-corrected chi connectivity index (χ3v) is 7.46. The summed E-state index contributed by atoms with van der Waals surface area (Å²) in [4.78, 5) is 24.8. The summed E-state index contributed by atoms with van der Waals surface area (Å²) in [6.07, 6.45) is 7.00. The fourth-order valence-corrected chi connectivity index (χ4v) is 6.00. The second-order valence-corrected chi connectivity index (χ2v) is 8.73. The molecule has 0 bridgehead atoms. The van der Waals surface area contributed by atoms with Crippen LogP contribution in [0.4, 0.5) is 5.69 Å². The molecule has 1 heterocycles. The Labute approximate surface area is 163 Å². The molecule has 0 aliphatic heterocycles. The van der Waals surface area contributed by atoms with Crippen LogP contribution >= 0.6 is 0 Å². The van der Waals surface area contributed by atoms with Gasteiger partial charge in [-0.25, -0.2) is 0 Å². The van der Waals surface area contributed by atoms with Crippen molar-refractivity contribution in [3.05, 3.63) is 41.3 Å². The molecule has 5 rings (SSSR count). The van der Waals surface area contributed by atoms with Crippen molar-refractivity contribution in [3.8, 4) is 5.75 Å². The summed E-state index contributed by atoms with van der Waals surface area (Å²) in [5.74, 6) is 1.52. The third-order valence-electron chi connectivity index (χ3n) is 7.46. The molecule has 1 amide bonds. The Bertz CT molecular complexity index is 952. The number of phenolic OH excluding ortho intramolecular Hbond substituents is 1. The highest BCUT2D eigenvalue weighted by molar-refractivity contribution is 6.03.